The average molecular weight is 825 g/mol. The lowest BCUT2D eigenvalue weighted by Gasteiger charge is -2.12. The van der Waals surface area contributed by atoms with Gasteiger partial charge in [0.05, 0.1) is 45.6 Å². The lowest BCUT2D eigenvalue weighted by atomic mass is 10.0. The molecule has 4 aromatic heterocycles. The highest BCUT2D eigenvalue weighted by Gasteiger charge is 2.16. The molecule has 0 aliphatic carbocycles. The van der Waals surface area contributed by atoms with Gasteiger partial charge in [-0.05, 0) is 132 Å². The molecule has 0 N–H and O–H groups in total. The SMILES string of the molecule is C.CC(=CC(C)C)CC(C)C.Cc1c(C(C)C)nnn1C(C)C.Cc1c(C(C)C)nnn1C(C)C.Cc1nnn(C(C)C)c1C(C)C.Cc1nnn(C(C)C)c1C(C)C. The van der Waals surface area contributed by atoms with Crippen molar-refractivity contribution in [1.82, 2.24) is 60.0 Å². The maximum Gasteiger partial charge on any atom is 0.0881 e. The molecular formula is C47H92N12. The summed E-state index contributed by atoms with van der Waals surface area (Å²) in [7, 11) is 0. The summed E-state index contributed by atoms with van der Waals surface area (Å²) in [6, 6.07) is 1.63. The number of rotatable bonds is 11. The molecule has 4 rings (SSSR count). The zero-order valence-corrected chi connectivity index (χ0v) is 41.9. The van der Waals surface area contributed by atoms with Gasteiger partial charge in [-0.2, -0.15) is 0 Å². The van der Waals surface area contributed by atoms with Crippen LogP contribution in [0, 0.1) is 39.5 Å². The van der Waals surface area contributed by atoms with Gasteiger partial charge in [0.1, 0.15) is 0 Å². The predicted octanol–water partition coefficient (Wildman–Crippen LogP) is 13.4. The van der Waals surface area contributed by atoms with Crippen molar-refractivity contribution in [3.63, 3.8) is 0 Å². The van der Waals surface area contributed by atoms with Gasteiger partial charge in [0, 0.05) is 24.2 Å². The van der Waals surface area contributed by atoms with E-state index < -0.39 is 0 Å². The number of aryl methyl sites for hydroxylation is 2. The third kappa shape index (κ3) is 19.0. The van der Waals surface area contributed by atoms with E-state index in [1.54, 1.807) is 0 Å². The van der Waals surface area contributed by atoms with E-state index in [9.17, 15) is 0 Å². The summed E-state index contributed by atoms with van der Waals surface area (Å²) in [4.78, 5) is 0. The summed E-state index contributed by atoms with van der Waals surface area (Å²) in [5, 5.41) is 32.9. The Labute approximate surface area is 362 Å². The van der Waals surface area contributed by atoms with E-state index >= 15 is 0 Å². The number of aromatic nitrogens is 12. The van der Waals surface area contributed by atoms with E-state index in [-0.39, 0.29) is 7.43 Å². The number of nitrogens with zero attached hydrogens (tertiary/aromatic N) is 12. The van der Waals surface area contributed by atoms with E-state index in [4.69, 9.17) is 0 Å². The van der Waals surface area contributed by atoms with Crippen LogP contribution in [0.4, 0.5) is 0 Å². The van der Waals surface area contributed by atoms with Crippen LogP contribution >= 0.6 is 0 Å². The van der Waals surface area contributed by atoms with E-state index in [1.807, 2.05) is 32.6 Å². The molecule has 4 aromatic rings. The molecule has 0 fully saturated rings. The fourth-order valence-corrected chi connectivity index (χ4v) is 6.92. The normalized spacial score (nSPS) is 11.7. The number of hydrogen-bond donors (Lipinski definition) is 0. The average Bonchev–Trinajstić information content (AvgIpc) is 3.86. The molecule has 0 atom stereocenters. The van der Waals surface area contributed by atoms with Gasteiger partial charge in [-0.1, -0.05) is 123 Å². The van der Waals surface area contributed by atoms with Gasteiger partial charge < -0.3 is 0 Å². The molecule has 0 aromatic carbocycles. The number of allylic oxidation sites excluding steroid dienone is 2. The molecule has 340 valence electrons. The topological polar surface area (TPSA) is 123 Å². The standard InChI is InChI=1S/C10H20.4C9H17N3.CH4/c1-8(2)6-10(5)7-9(3)4;2*1-6(2)9-8(5)12(7(3)4)11-10-9;2*1-6(2)9-8(5)10-11-12(9)7(3)4;/h6,8-9H,7H2,1-5H3;4*6-7H,1-5H3;1H4. The Morgan fingerprint density at radius 3 is 0.898 bits per heavy atom. The second-order valence-corrected chi connectivity index (χ2v) is 18.9. The molecule has 0 saturated carbocycles. The Balaban J connectivity index is 0. The van der Waals surface area contributed by atoms with Crippen molar-refractivity contribution in [2.45, 2.75) is 235 Å². The maximum absolute atomic E-state index is 4.15. The van der Waals surface area contributed by atoms with Crippen LogP contribution in [0.15, 0.2) is 11.6 Å². The van der Waals surface area contributed by atoms with Crippen LogP contribution in [-0.4, -0.2) is 60.0 Å². The van der Waals surface area contributed by atoms with E-state index in [0.29, 0.717) is 53.8 Å². The van der Waals surface area contributed by atoms with Crippen molar-refractivity contribution >= 4 is 0 Å². The molecule has 12 nitrogen and oxygen atoms in total. The van der Waals surface area contributed by atoms with Crippen molar-refractivity contribution in [3.05, 3.63) is 57.2 Å². The molecule has 0 aliphatic rings. The van der Waals surface area contributed by atoms with Crippen molar-refractivity contribution in [1.29, 1.82) is 0 Å². The molecule has 0 bridgehead atoms. The number of hydrogen-bond acceptors (Lipinski definition) is 8. The van der Waals surface area contributed by atoms with Gasteiger partial charge in [0.15, 0.2) is 0 Å². The Kier molecular flexibility index (Phi) is 26.5. The quantitative estimate of drug-likeness (QED) is 0.137. The van der Waals surface area contributed by atoms with Gasteiger partial charge >= 0.3 is 0 Å². The Morgan fingerprint density at radius 2 is 0.729 bits per heavy atom. The predicted molar refractivity (Wildman–Crippen MR) is 252 cm³/mol. The molecule has 12 heteroatoms. The molecule has 0 radical (unpaired) electrons. The Hall–Kier alpha value is -3.70. The summed E-state index contributed by atoms with van der Waals surface area (Å²) in [6.45, 7) is 53.6. The van der Waals surface area contributed by atoms with Crippen LogP contribution in [-0.2, 0) is 0 Å². The fourth-order valence-electron chi connectivity index (χ4n) is 6.92. The highest BCUT2D eigenvalue weighted by atomic mass is 15.5. The van der Waals surface area contributed by atoms with Gasteiger partial charge in [0.25, 0.3) is 0 Å². The second-order valence-electron chi connectivity index (χ2n) is 18.9. The highest BCUT2D eigenvalue weighted by Crippen LogP contribution is 2.22. The fraction of sp³-hybridized carbons (Fsp3) is 0.787. The van der Waals surface area contributed by atoms with E-state index in [0.717, 1.165) is 28.7 Å². The van der Waals surface area contributed by atoms with Crippen LogP contribution in [0.5, 0.6) is 0 Å². The van der Waals surface area contributed by atoms with Crippen LogP contribution in [0.3, 0.4) is 0 Å². The largest absolute Gasteiger partial charge is 0.247 e. The first kappa shape index (κ1) is 57.4. The minimum absolute atomic E-state index is 0. The third-order valence-electron chi connectivity index (χ3n) is 9.24. The van der Waals surface area contributed by atoms with Crippen molar-refractivity contribution in [2.24, 2.45) is 11.8 Å². The van der Waals surface area contributed by atoms with Gasteiger partial charge in [-0.15, -0.1) is 20.4 Å². The summed E-state index contributed by atoms with van der Waals surface area (Å²) in [5.74, 6) is 3.45. The molecule has 4 heterocycles. The molecule has 0 spiro atoms. The minimum Gasteiger partial charge on any atom is -0.247 e. The molecular weight excluding hydrogens is 733 g/mol. The maximum atomic E-state index is 4.15. The van der Waals surface area contributed by atoms with Gasteiger partial charge in [-0.3, -0.25) is 0 Å². The smallest absolute Gasteiger partial charge is 0.0881 e. The van der Waals surface area contributed by atoms with E-state index in [2.05, 4.69) is 207 Å². The van der Waals surface area contributed by atoms with Crippen LogP contribution < -0.4 is 0 Å². The van der Waals surface area contributed by atoms with Crippen molar-refractivity contribution in [3.8, 4) is 0 Å². The Morgan fingerprint density at radius 1 is 0.441 bits per heavy atom. The molecule has 0 unspecified atom stereocenters. The van der Waals surface area contributed by atoms with Gasteiger partial charge in [-0.25, -0.2) is 18.7 Å². The van der Waals surface area contributed by atoms with E-state index in [1.165, 1.54) is 34.8 Å². The van der Waals surface area contributed by atoms with Gasteiger partial charge in [0.2, 0.25) is 0 Å². The zero-order valence-electron chi connectivity index (χ0n) is 41.9. The molecule has 0 saturated heterocycles. The lowest BCUT2D eigenvalue weighted by molar-refractivity contribution is 0.484. The van der Waals surface area contributed by atoms with Crippen molar-refractivity contribution < 1.29 is 0 Å². The highest BCUT2D eigenvalue weighted by molar-refractivity contribution is 5.14. The first-order valence-electron chi connectivity index (χ1n) is 22.0. The Bertz CT molecular complexity index is 1570. The van der Waals surface area contributed by atoms with Crippen LogP contribution in [0.2, 0.25) is 0 Å². The first-order chi connectivity index (χ1) is 26.7. The first-order valence-corrected chi connectivity index (χ1v) is 22.0. The summed E-state index contributed by atoms with van der Waals surface area (Å²) in [5.41, 5.74) is 10.8. The summed E-state index contributed by atoms with van der Waals surface area (Å²) < 4.78 is 7.94. The monoisotopic (exact) mass is 825 g/mol. The van der Waals surface area contributed by atoms with Crippen LogP contribution in [0.1, 0.15) is 253 Å². The second kappa shape index (κ2) is 27.2. The molecule has 0 amide bonds. The lowest BCUT2D eigenvalue weighted by Crippen LogP contribution is -2.09. The van der Waals surface area contributed by atoms with Crippen molar-refractivity contribution in [2.75, 3.05) is 0 Å². The third-order valence-corrected chi connectivity index (χ3v) is 9.24. The molecule has 0 aliphatic heterocycles. The summed E-state index contributed by atoms with van der Waals surface area (Å²) >= 11 is 0. The summed E-state index contributed by atoms with van der Waals surface area (Å²) in [6.07, 6.45) is 3.60. The molecule has 59 heavy (non-hydrogen) atoms. The van der Waals surface area contributed by atoms with Crippen LogP contribution in [0.25, 0.3) is 0 Å². The zero-order chi connectivity index (χ0) is 45.4. The minimum atomic E-state index is 0.